The predicted molar refractivity (Wildman–Crippen MR) is 119 cm³/mol. The highest BCUT2D eigenvalue weighted by Gasteiger charge is 2.35. The minimum atomic E-state index is -0.222. The SMILES string of the molecule is COCCN(C[C@H]1CN(Cc2cccc(C)c2)C[C@H]1c1cccc(F)c1)C(=O)COC. The van der Waals surface area contributed by atoms with E-state index in [1.54, 1.807) is 19.2 Å². The number of hydrogen-bond donors (Lipinski definition) is 0. The molecule has 0 unspecified atom stereocenters. The first-order valence-corrected chi connectivity index (χ1v) is 10.8. The van der Waals surface area contributed by atoms with E-state index >= 15 is 0 Å². The fourth-order valence-corrected chi connectivity index (χ4v) is 4.48. The van der Waals surface area contributed by atoms with Gasteiger partial charge in [0.05, 0.1) is 6.61 Å². The van der Waals surface area contributed by atoms with E-state index in [1.807, 2.05) is 11.0 Å². The highest BCUT2D eigenvalue weighted by molar-refractivity contribution is 5.77. The van der Waals surface area contributed by atoms with E-state index in [9.17, 15) is 9.18 Å². The Balaban J connectivity index is 1.80. The number of carbonyl (C=O) groups is 1. The van der Waals surface area contributed by atoms with Crippen LogP contribution in [0.5, 0.6) is 0 Å². The fourth-order valence-electron chi connectivity index (χ4n) is 4.48. The quantitative estimate of drug-likeness (QED) is 0.581. The molecule has 0 aliphatic carbocycles. The number of hydrogen-bond acceptors (Lipinski definition) is 4. The largest absolute Gasteiger partial charge is 0.383 e. The van der Waals surface area contributed by atoms with Gasteiger partial charge in [0.1, 0.15) is 12.4 Å². The number of amides is 1. The van der Waals surface area contributed by atoms with Crippen LogP contribution in [0, 0.1) is 18.7 Å². The third-order valence-electron chi connectivity index (χ3n) is 5.92. The van der Waals surface area contributed by atoms with Crippen LogP contribution in [0.2, 0.25) is 0 Å². The van der Waals surface area contributed by atoms with Crippen LogP contribution >= 0.6 is 0 Å². The second-order valence-corrected chi connectivity index (χ2v) is 8.37. The molecular formula is C25H33FN2O3. The Morgan fingerprint density at radius 2 is 1.94 bits per heavy atom. The number of ether oxygens (including phenoxy) is 2. The Morgan fingerprint density at radius 1 is 1.13 bits per heavy atom. The van der Waals surface area contributed by atoms with Crippen LogP contribution in [0.1, 0.15) is 22.6 Å². The van der Waals surface area contributed by atoms with Crippen molar-refractivity contribution < 1.29 is 18.7 Å². The molecule has 1 amide bonds. The van der Waals surface area contributed by atoms with E-state index in [0.717, 1.165) is 25.2 Å². The summed E-state index contributed by atoms with van der Waals surface area (Å²) in [5.41, 5.74) is 3.50. The Labute approximate surface area is 184 Å². The summed E-state index contributed by atoms with van der Waals surface area (Å²) in [7, 11) is 3.16. The van der Waals surface area contributed by atoms with E-state index in [2.05, 4.69) is 36.1 Å². The van der Waals surface area contributed by atoms with Gasteiger partial charge in [-0.15, -0.1) is 0 Å². The molecule has 0 bridgehead atoms. The van der Waals surface area contributed by atoms with Crippen molar-refractivity contribution in [3.05, 3.63) is 71.0 Å². The average Bonchev–Trinajstić information content (AvgIpc) is 3.13. The Hall–Kier alpha value is -2.28. The molecule has 3 rings (SSSR count). The van der Waals surface area contributed by atoms with Gasteiger partial charge in [-0.25, -0.2) is 4.39 Å². The highest BCUT2D eigenvalue weighted by Crippen LogP contribution is 2.34. The molecule has 6 heteroatoms. The van der Waals surface area contributed by atoms with E-state index < -0.39 is 0 Å². The van der Waals surface area contributed by atoms with Crippen LogP contribution in [0.25, 0.3) is 0 Å². The van der Waals surface area contributed by atoms with E-state index in [0.29, 0.717) is 19.7 Å². The van der Waals surface area contributed by atoms with Gasteiger partial charge in [-0.1, -0.05) is 42.0 Å². The maximum Gasteiger partial charge on any atom is 0.248 e. The molecule has 1 aliphatic rings. The molecule has 1 saturated heterocycles. The van der Waals surface area contributed by atoms with Crippen molar-refractivity contribution >= 4 is 5.91 Å². The first kappa shape index (κ1) is 23.4. The molecule has 0 saturated carbocycles. The number of rotatable bonds is 10. The molecule has 2 atom stereocenters. The summed E-state index contributed by atoms with van der Waals surface area (Å²) in [6.45, 7) is 6.25. The molecule has 168 valence electrons. The van der Waals surface area contributed by atoms with Crippen LogP contribution in [0.3, 0.4) is 0 Å². The zero-order valence-corrected chi connectivity index (χ0v) is 18.7. The van der Waals surface area contributed by atoms with Gasteiger partial charge in [-0.05, 0) is 36.1 Å². The summed E-state index contributed by atoms with van der Waals surface area (Å²) >= 11 is 0. The molecule has 31 heavy (non-hydrogen) atoms. The van der Waals surface area contributed by atoms with Crippen LogP contribution in [-0.4, -0.2) is 69.3 Å². The number of aryl methyl sites for hydroxylation is 1. The second kappa shape index (κ2) is 11.4. The van der Waals surface area contributed by atoms with Gasteiger partial charge in [-0.3, -0.25) is 9.69 Å². The van der Waals surface area contributed by atoms with E-state index in [1.165, 1.54) is 24.3 Å². The summed E-state index contributed by atoms with van der Waals surface area (Å²) in [4.78, 5) is 16.8. The lowest BCUT2D eigenvalue weighted by atomic mass is 9.88. The zero-order valence-electron chi connectivity index (χ0n) is 18.7. The Bertz CT molecular complexity index is 860. The van der Waals surface area contributed by atoms with Crippen LogP contribution in [-0.2, 0) is 20.8 Å². The number of halogens is 1. The molecule has 1 aliphatic heterocycles. The molecular weight excluding hydrogens is 395 g/mol. The molecule has 0 spiro atoms. The number of methoxy groups -OCH3 is 2. The first-order chi connectivity index (χ1) is 15.0. The van der Waals surface area contributed by atoms with Gasteiger partial charge in [0, 0.05) is 52.9 Å². The molecule has 5 nitrogen and oxygen atoms in total. The summed E-state index contributed by atoms with van der Waals surface area (Å²) in [6.07, 6.45) is 0. The zero-order chi connectivity index (χ0) is 22.2. The van der Waals surface area contributed by atoms with Crippen molar-refractivity contribution in [1.29, 1.82) is 0 Å². The van der Waals surface area contributed by atoms with Gasteiger partial charge in [0.15, 0.2) is 0 Å². The standard InChI is InChI=1S/C25H33FN2O3/c1-19-6-4-7-20(12-19)14-27-15-22(16-28(10-11-30-2)25(29)18-31-3)24(17-27)21-8-5-9-23(26)13-21/h4-9,12-13,22,24H,10-11,14-18H2,1-3H3/t22-,24+/m1/s1. The van der Waals surface area contributed by atoms with Crippen molar-refractivity contribution in [3.63, 3.8) is 0 Å². The van der Waals surface area contributed by atoms with Crippen LogP contribution < -0.4 is 0 Å². The topological polar surface area (TPSA) is 42.0 Å². The lowest BCUT2D eigenvalue weighted by Crippen LogP contribution is -2.41. The van der Waals surface area contributed by atoms with Crippen molar-refractivity contribution in [2.45, 2.75) is 19.4 Å². The molecule has 1 fully saturated rings. The summed E-state index contributed by atoms with van der Waals surface area (Å²) < 4.78 is 24.3. The van der Waals surface area contributed by atoms with Gasteiger partial charge in [0.25, 0.3) is 0 Å². The Kier molecular flexibility index (Phi) is 8.58. The minimum Gasteiger partial charge on any atom is -0.383 e. The van der Waals surface area contributed by atoms with Crippen molar-refractivity contribution in [3.8, 4) is 0 Å². The summed E-state index contributed by atoms with van der Waals surface area (Å²) in [5.74, 6) is 0.0833. The van der Waals surface area contributed by atoms with Crippen LogP contribution in [0.15, 0.2) is 48.5 Å². The van der Waals surface area contributed by atoms with Crippen molar-refractivity contribution in [2.75, 3.05) is 53.6 Å². The first-order valence-electron chi connectivity index (χ1n) is 10.8. The summed E-state index contributed by atoms with van der Waals surface area (Å²) in [6, 6.07) is 15.4. The summed E-state index contributed by atoms with van der Waals surface area (Å²) in [5, 5.41) is 0. The van der Waals surface area contributed by atoms with Gasteiger partial charge in [0.2, 0.25) is 5.91 Å². The number of likely N-dealkylation sites (tertiary alicyclic amines) is 1. The van der Waals surface area contributed by atoms with Crippen LogP contribution in [0.4, 0.5) is 4.39 Å². The number of nitrogens with zero attached hydrogens (tertiary/aromatic N) is 2. The van der Waals surface area contributed by atoms with E-state index in [4.69, 9.17) is 9.47 Å². The second-order valence-electron chi connectivity index (χ2n) is 8.37. The molecule has 1 heterocycles. The lowest BCUT2D eigenvalue weighted by molar-refractivity contribution is -0.136. The normalized spacial score (nSPS) is 19.0. The maximum atomic E-state index is 14.0. The Morgan fingerprint density at radius 3 is 2.65 bits per heavy atom. The van der Waals surface area contributed by atoms with Gasteiger partial charge in [-0.2, -0.15) is 0 Å². The molecule has 2 aromatic carbocycles. The predicted octanol–water partition coefficient (Wildman–Crippen LogP) is 3.47. The minimum absolute atomic E-state index is 0.0466. The van der Waals surface area contributed by atoms with Crippen molar-refractivity contribution in [2.24, 2.45) is 5.92 Å². The fraction of sp³-hybridized carbons (Fsp3) is 0.480. The monoisotopic (exact) mass is 428 g/mol. The van der Waals surface area contributed by atoms with Gasteiger partial charge >= 0.3 is 0 Å². The molecule has 0 N–H and O–H groups in total. The smallest absolute Gasteiger partial charge is 0.248 e. The lowest BCUT2D eigenvalue weighted by Gasteiger charge is -2.28. The molecule has 0 radical (unpaired) electrons. The maximum absolute atomic E-state index is 14.0. The van der Waals surface area contributed by atoms with Gasteiger partial charge < -0.3 is 14.4 Å². The number of benzene rings is 2. The van der Waals surface area contributed by atoms with E-state index in [-0.39, 0.29) is 30.2 Å². The van der Waals surface area contributed by atoms with Crippen molar-refractivity contribution in [1.82, 2.24) is 9.80 Å². The number of carbonyl (C=O) groups excluding carboxylic acids is 1. The highest BCUT2D eigenvalue weighted by atomic mass is 19.1. The third kappa shape index (κ3) is 6.60. The molecule has 0 aromatic heterocycles. The average molecular weight is 429 g/mol. The molecule has 2 aromatic rings. The third-order valence-corrected chi connectivity index (χ3v) is 5.92.